The molecule has 2 unspecified atom stereocenters. The average Bonchev–Trinajstić information content (AvgIpc) is 2.40. The van der Waals surface area contributed by atoms with E-state index in [9.17, 15) is 18.5 Å². The number of piperazine rings is 1. The Hall–Kier alpha value is -1.71. The molecule has 1 aliphatic heterocycles. The van der Waals surface area contributed by atoms with Crippen LogP contribution in [-0.4, -0.2) is 38.5 Å². The fraction of sp³-hybridized carbons (Fsp3) is 0.500. The molecule has 1 aromatic carbocycles. The van der Waals surface area contributed by atoms with Gasteiger partial charge in [0.15, 0.2) is 0 Å². The van der Waals surface area contributed by atoms with Gasteiger partial charge in [-0.05, 0) is 26.0 Å². The zero-order valence-corrected chi connectivity index (χ0v) is 12.6. The molecule has 2 rings (SSSR count). The summed E-state index contributed by atoms with van der Waals surface area (Å²) in [5.41, 5.74) is 0.163. The van der Waals surface area contributed by atoms with Gasteiger partial charge in [-0.2, -0.15) is 0 Å². The summed E-state index contributed by atoms with van der Waals surface area (Å²) < 4.78 is 22.7. The molecule has 21 heavy (non-hydrogen) atoms. The predicted molar refractivity (Wildman–Crippen MR) is 78.7 cm³/mol. The number of sulfonamides is 1. The van der Waals surface area contributed by atoms with Crippen molar-refractivity contribution in [2.24, 2.45) is 5.14 Å². The standard InChI is InChI=1S/C12H18N4O4S/c1-8-7-15(9(2)6-14-8)11-4-3-10(21(13,19)20)5-12(11)16(17)18/h3-5,8-9,14H,6-7H2,1-2H3,(H2,13,19,20). The second-order valence-corrected chi connectivity index (χ2v) is 6.82. The van der Waals surface area contributed by atoms with Gasteiger partial charge in [0.05, 0.1) is 9.82 Å². The van der Waals surface area contributed by atoms with Crippen LogP contribution >= 0.6 is 0 Å². The van der Waals surface area contributed by atoms with E-state index in [1.165, 1.54) is 12.1 Å². The Morgan fingerprint density at radius 3 is 2.67 bits per heavy atom. The normalized spacial score (nSPS) is 23.1. The number of benzene rings is 1. The van der Waals surface area contributed by atoms with E-state index in [1.54, 1.807) is 0 Å². The topological polar surface area (TPSA) is 119 Å². The van der Waals surface area contributed by atoms with Gasteiger partial charge in [-0.1, -0.05) is 0 Å². The van der Waals surface area contributed by atoms with Crippen molar-refractivity contribution in [2.75, 3.05) is 18.0 Å². The smallest absolute Gasteiger partial charge is 0.293 e. The van der Waals surface area contributed by atoms with Crippen LogP contribution < -0.4 is 15.4 Å². The summed E-state index contributed by atoms with van der Waals surface area (Å²) in [5, 5.41) is 19.6. The van der Waals surface area contributed by atoms with E-state index in [2.05, 4.69) is 5.32 Å². The molecule has 0 radical (unpaired) electrons. The molecule has 0 aliphatic carbocycles. The molecule has 1 fully saturated rings. The van der Waals surface area contributed by atoms with Crippen LogP contribution in [0.4, 0.5) is 11.4 Å². The van der Waals surface area contributed by atoms with Crippen LogP contribution in [0.1, 0.15) is 13.8 Å². The zero-order chi connectivity index (χ0) is 15.8. The molecule has 0 amide bonds. The van der Waals surface area contributed by atoms with E-state index in [0.717, 1.165) is 6.07 Å². The van der Waals surface area contributed by atoms with Gasteiger partial charge in [-0.3, -0.25) is 10.1 Å². The molecule has 2 atom stereocenters. The third kappa shape index (κ3) is 3.31. The molecule has 1 aromatic rings. The van der Waals surface area contributed by atoms with Crippen LogP contribution in [0.15, 0.2) is 23.1 Å². The van der Waals surface area contributed by atoms with E-state index < -0.39 is 14.9 Å². The first-order valence-corrected chi connectivity index (χ1v) is 8.06. The summed E-state index contributed by atoms with van der Waals surface area (Å²) in [4.78, 5) is 12.3. The van der Waals surface area contributed by atoms with Crippen molar-refractivity contribution < 1.29 is 13.3 Å². The average molecular weight is 314 g/mol. The lowest BCUT2D eigenvalue weighted by Gasteiger charge is -2.38. The van der Waals surface area contributed by atoms with Crippen molar-refractivity contribution in [1.29, 1.82) is 0 Å². The van der Waals surface area contributed by atoms with E-state index in [-0.39, 0.29) is 22.7 Å². The van der Waals surface area contributed by atoms with Gasteiger partial charge >= 0.3 is 0 Å². The number of rotatable bonds is 3. The van der Waals surface area contributed by atoms with Crippen LogP contribution in [0, 0.1) is 10.1 Å². The summed E-state index contributed by atoms with van der Waals surface area (Å²) in [6.45, 7) is 5.26. The summed E-state index contributed by atoms with van der Waals surface area (Å²) in [5.74, 6) is 0. The number of primary sulfonamides is 1. The SMILES string of the molecule is CC1CN(c2ccc(S(N)(=O)=O)cc2[N+](=O)[O-])C(C)CN1. The van der Waals surface area contributed by atoms with Gasteiger partial charge in [-0.15, -0.1) is 0 Å². The van der Waals surface area contributed by atoms with Crippen molar-refractivity contribution in [3.63, 3.8) is 0 Å². The molecule has 0 spiro atoms. The summed E-state index contributed by atoms with van der Waals surface area (Å²) >= 11 is 0. The minimum absolute atomic E-state index is 0.0697. The third-order valence-electron chi connectivity index (χ3n) is 3.55. The van der Waals surface area contributed by atoms with Gasteiger partial charge in [0.25, 0.3) is 5.69 Å². The summed E-state index contributed by atoms with van der Waals surface area (Å²) in [6.07, 6.45) is 0. The highest BCUT2D eigenvalue weighted by atomic mass is 32.2. The lowest BCUT2D eigenvalue weighted by atomic mass is 10.1. The largest absolute Gasteiger partial charge is 0.360 e. The molecule has 0 bridgehead atoms. The number of anilines is 1. The van der Waals surface area contributed by atoms with Crippen LogP contribution in [-0.2, 0) is 10.0 Å². The highest BCUT2D eigenvalue weighted by molar-refractivity contribution is 7.89. The maximum Gasteiger partial charge on any atom is 0.293 e. The van der Waals surface area contributed by atoms with Crippen LogP contribution in [0.3, 0.4) is 0 Å². The Balaban J connectivity index is 2.50. The molecule has 1 aliphatic rings. The van der Waals surface area contributed by atoms with E-state index >= 15 is 0 Å². The number of nitro groups is 1. The number of nitrogens with one attached hydrogen (secondary N) is 1. The van der Waals surface area contributed by atoms with E-state index in [1.807, 2.05) is 18.7 Å². The van der Waals surface area contributed by atoms with Crippen LogP contribution in [0.5, 0.6) is 0 Å². The minimum Gasteiger partial charge on any atom is -0.360 e. The Morgan fingerprint density at radius 2 is 2.10 bits per heavy atom. The molecular weight excluding hydrogens is 296 g/mol. The van der Waals surface area contributed by atoms with Crippen LogP contribution in [0.25, 0.3) is 0 Å². The number of nitrogens with zero attached hydrogens (tertiary/aromatic N) is 2. The Morgan fingerprint density at radius 1 is 1.43 bits per heavy atom. The first-order chi connectivity index (χ1) is 9.70. The number of nitrogens with two attached hydrogens (primary N) is 1. The quantitative estimate of drug-likeness (QED) is 0.617. The second kappa shape index (κ2) is 5.58. The molecule has 1 saturated heterocycles. The summed E-state index contributed by atoms with van der Waals surface area (Å²) in [6, 6.07) is 4.03. The van der Waals surface area contributed by atoms with E-state index in [4.69, 9.17) is 5.14 Å². The maximum atomic E-state index is 11.3. The Labute approximate surface area is 123 Å². The number of nitro benzene ring substituents is 1. The van der Waals surface area contributed by atoms with Crippen molar-refractivity contribution in [2.45, 2.75) is 30.8 Å². The van der Waals surface area contributed by atoms with Crippen molar-refractivity contribution in [3.8, 4) is 0 Å². The number of hydrogen-bond donors (Lipinski definition) is 2. The first kappa shape index (κ1) is 15.7. The molecule has 0 aromatic heterocycles. The molecule has 3 N–H and O–H groups in total. The monoisotopic (exact) mass is 314 g/mol. The van der Waals surface area contributed by atoms with Gasteiger partial charge in [-0.25, -0.2) is 13.6 Å². The molecule has 0 saturated carbocycles. The van der Waals surface area contributed by atoms with Crippen LogP contribution in [0.2, 0.25) is 0 Å². The van der Waals surface area contributed by atoms with Gasteiger partial charge in [0, 0.05) is 31.2 Å². The molecule has 1 heterocycles. The van der Waals surface area contributed by atoms with Gasteiger partial charge in [0.1, 0.15) is 5.69 Å². The fourth-order valence-corrected chi connectivity index (χ4v) is 2.96. The Kier molecular flexibility index (Phi) is 4.17. The predicted octanol–water partition coefficient (Wildman–Crippen LogP) is 0.429. The Bertz CT molecular complexity index is 661. The summed E-state index contributed by atoms with van der Waals surface area (Å²) in [7, 11) is -3.97. The molecule has 8 nitrogen and oxygen atoms in total. The van der Waals surface area contributed by atoms with E-state index in [0.29, 0.717) is 18.8 Å². The molecule has 9 heteroatoms. The van der Waals surface area contributed by atoms with Gasteiger partial charge < -0.3 is 10.2 Å². The number of hydrogen-bond acceptors (Lipinski definition) is 6. The highest BCUT2D eigenvalue weighted by Gasteiger charge is 2.29. The molecule has 116 valence electrons. The lowest BCUT2D eigenvalue weighted by molar-refractivity contribution is -0.384. The second-order valence-electron chi connectivity index (χ2n) is 5.26. The first-order valence-electron chi connectivity index (χ1n) is 6.51. The third-order valence-corrected chi connectivity index (χ3v) is 4.46. The highest BCUT2D eigenvalue weighted by Crippen LogP contribution is 2.32. The van der Waals surface area contributed by atoms with Crippen molar-refractivity contribution in [1.82, 2.24) is 5.32 Å². The van der Waals surface area contributed by atoms with Crippen molar-refractivity contribution >= 4 is 21.4 Å². The lowest BCUT2D eigenvalue weighted by Crippen LogP contribution is -2.54. The molecular formula is C12H18N4O4S. The van der Waals surface area contributed by atoms with Crippen molar-refractivity contribution in [3.05, 3.63) is 28.3 Å². The minimum atomic E-state index is -3.97. The fourth-order valence-electron chi connectivity index (χ4n) is 2.43. The zero-order valence-electron chi connectivity index (χ0n) is 11.8. The van der Waals surface area contributed by atoms with Gasteiger partial charge in [0.2, 0.25) is 10.0 Å². The maximum absolute atomic E-state index is 11.3.